The third-order valence-corrected chi connectivity index (χ3v) is 5.39. The lowest BCUT2D eigenvalue weighted by molar-refractivity contribution is -0.132. The monoisotopic (exact) mass is 463 g/mol. The SMILES string of the molecule is NC(=S)OCC1CN(c2ccc(N3CCN(C(=O)Cn4ccnn4)CC3)c(F)c2)C(=O)O1. The second-order valence-corrected chi connectivity index (χ2v) is 7.75. The smallest absolute Gasteiger partial charge is 0.414 e. The molecular weight excluding hydrogens is 441 g/mol. The third-order valence-electron chi connectivity index (χ3n) is 5.27. The predicted octanol–water partition coefficient (Wildman–Crippen LogP) is 0.351. The zero-order chi connectivity index (χ0) is 22.7. The van der Waals surface area contributed by atoms with E-state index in [1.54, 1.807) is 23.2 Å². The number of hydrogen-bond donors (Lipinski definition) is 1. The molecule has 0 bridgehead atoms. The van der Waals surface area contributed by atoms with Crippen molar-refractivity contribution in [1.29, 1.82) is 0 Å². The molecule has 3 heterocycles. The second kappa shape index (κ2) is 9.34. The molecule has 2 N–H and O–H groups in total. The molecule has 1 aromatic carbocycles. The number of carbonyl (C=O) groups excluding carboxylic acids is 2. The van der Waals surface area contributed by atoms with Gasteiger partial charge in [-0.15, -0.1) is 5.10 Å². The van der Waals surface area contributed by atoms with Crippen LogP contribution in [-0.4, -0.2) is 82.5 Å². The molecule has 2 fully saturated rings. The van der Waals surface area contributed by atoms with Gasteiger partial charge in [0, 0.05) is 32.4 Å². The number of nitrogens with two attached hydrogens (primary N) is 1. The number of carbonyl (C=O) groups is 2. The van der Waals surface area contributed by atoms with E-state index in [9.17, 15) is 14.0 Å². The van der Waals surface area contributed by atoms with Crippen LogP contribution in [0.4, 0.5) is 20.6 Å². The van der Waals surface area contributed by atoms with E-state index < -0.39 is 18.0 Å². The Balaban J connectivity index is 1.34. The van der Waals surface area contributed by atoms with Crippen LogP contribution < -0.4 is 15.5 Å². The highest BCUT2D eigenvalue weighted by molar-refractivity contribution is 7.80. The number of amides is 2. The molecule has 0 aliphatic carbocycles. The molecule has 2 aliphatic rings. The van der Waals surface area contributed by atoms with E-state index in [2.05, 4.69) is 22.5 Å². The van der Waals surface area contributed by atoms with Gasteiger partial charge in [-0.25, -0.2) is 13.9 Å². The maximum absolute atomic E-state index is 14.9. The van der Waals surface area contributed by atoms with Crippen molar-refractivity contribution in [3.63, 3.8) is 0 Å². The Hall–Kier alpha value is -3.48. The van der Waals surface area contributed by atoms with Crippen molar-refractivity contribution in [1.82, 2.24) is 19.9 Å². The average Bonchev–Trinajstić information content (AvgIpc) is 3.41. The molecule has 1 aromatic heterocycles. The fraction of sp³-hybridized carbons (Fsp3) is 0.421. The molecule has 0 radical (unpaired) electrons. The number of rotatable bonds is 6. The van der Waals surface area contributed by atoms with Gasteiger partial charge < -0.3 is 25.0 Å². The highest BCUT2D eigenvalue weighted by Gasteiger charge is 2.33. The lowest BCUT2D eigenvalue weighted by Crippen LogP contribution is -2.49. The number of halogens is 1. The fourth-order valence-corrected chi connectivity index (χ4v) is 3.73. The van der Waals surface area contributed by atoms with Crippen molar-refractivity contribution in [2.75, 3.05) is 49.1 Å². The first-order valence-electron chi connectivity index (χ1n) is 9.97. The van der Waals surface area contributed by atoms with Crippen LogP contribution in [0, 0.1) is 5.82 Å². The molecule has 170 valence electrons. The van der Waals surface area contributed by atoms with Gasteiger partial charge in [0.1, 0.15) is 19.0 Å². The van der Waals surface area contributed by atoms with Gasteiger partial charge in [-0.3, -0.25) is 9.69 Å². The van der Waals surface area contributed by atoms with E-state index in [4.69, 9.17) is 15.2 Å². The Labute approximate surface area is 188 Å². The first-order valence-corrected chi connectivity index (χ1v) is 10.4. The standard InChI is InChI=1S/C19H22FN7O4S/c20-15-9-13(27-10-14(31-19(27)29)12-30-18(21)32)1-2-16(15)24-5-7-25(8-6-24)17(28)11-26-4-3-22-23-26/h1-4,9,14H,5-8,10-12H2,(H2,21,32). The van der Waals surface area contributed by atoms with Crippen LogP contribution in [0.3, 0.4) is 0 Å². The Morgan fingerprint density at radius 1 is 1.31 bits per heavy atom. The van der Waals surface area contributed by atoms with Gasteiger partial charge in [0.15, 0.2) is 6.10 Å². The Morgan fingerprint density at radius 2 is 2.09 bits per heavy atom. The summed E-state index contributed by atoms with van der Waals surface area (Å²) in [4.78, 5) is 29.5. The number of cyclic esters (lactones) is 1. The van der Waals surface area contributed by atoms with E-state index in [0.29, 0.717) is 37.6 Å². The van der Waals surface area contributed by atoms with Crippen LogP contribution in [-0.2, 0) is 20.8 Å². The van der Waals surface area contributed by atoms with Gasteiger partial charge in [0.25, 0.3) is 5.17 Å². The number of nitrogens with zero attached hydrogens (tertiary/aromatic N) is 6. The molecule has 2 aromatic rings. The van der Waals surface area contributed by atoms with Crippen molar-refractivity contribution in [2.24, 2.45) is 5.73 Å². The lowest BCUT2D eigenvalue weighted by Gasteiger charge is -2.36. The van der Waals surface area contributed by atoms with Gasteiger partial charge in [0.2, 0.25) is 5.91 Å². The molecule has 0 saturated carbocycles. The number of hydrogen-bond acceptors (Lipinski definition) is 8. The van der Waals surface area contributed by atoms with Crippen molar-refractivity contribution in [2.45, 2.75) is 12.6 Å². The zero-order valence-corrected chi connectivity index (χ0v) is 17.9. The van der Waals surface area contributed by atoms with Gasteiger partial charge in [-0.2, -0.15) is 0 Å². The van der Waals surface area contributed by atoms with Crippen LogP contribution in [0.15, 0.2) is 30.6 Å². The Morgan fingerprint density at radius 3 is 2.75 bits per heavy atom. The summed E-state index contributed by atoms with van der Waals surface area (Å²) in [5.74, 6) is -0.520. The molecule has 11 nitrogen and oxygen atoms in total. The van der Waals surface area contributed by atoms with E-state index in [0.717, 1.165) is 0 Å². The van der Waals surface area contributed by atoms with Crippen molar-refractivity contribution in [3.05, 3.63) is 36.4 Å². The number of benzene rings is 1. The Kier molecular flexibility index (Phi) is 6.35. The number of ether oxygens (including phenoxy) is 2. The van der Waals surface area contributed by atoms with Crippen molar-refractivity contribution >= 4 is 40.8 Å². The van der Waals surface area contributed by atoms with Crippen LogP contribution in [0.25, 0.3) is 0 Å². The first-order chi connectivity index (χ1) is 15.4. The number of anilines is 2. The van der Waals surface area contributed by atoms with Gasteiger partial charge in [0.05, 0.1) is 24.1 Å². The first kappa shape index (κ1) is 21.7. The summed E-state index contributed by atoms with van der Waals surface area (Å²) < 4.78 is 26.6. The predicted molar refractivity (Wildman–Crippen MR) is 116 cm³/mol. The minimum atomic E-state index is -0.590. The second-order valence-electron chi connectivity index (χ2n) is 7.35. The molecule has 1 unspecified atom stereocenters. The zero-order valence-electron chi connectivity index (χ0n) is 17.1. The van der Waals surface area contributed by atoms with Gasteiger partial charge in [-0.05, 0) is 30.4 Å². The summed E-state index contributed by atoms with van der Waals surface area (Å²) in [6.45, 7) is 2.28. The summed E-state index contributed by atoms with van der Waals surface area (Å²) in [7, 11) is 0. The maximum atomic E-state index is 14.9. The van der Waals surface area contributed by atoms with Crippen molar-refractivity contribution in [3.8, 4) is 0 Å². The number of thiocarbonyl (C=S) groups is 1. The largest absolute Gasteiger partial charge is 0.467 e. The topological polar surface area (TPSA) is 119 Å². The normalized spacial score (nSPS) is 18.6. The molecule has 2 amide bonds. The minimum Gasteiger partial charge on any atom is -0.467 e. The molecule has 1 atom stereocenters. The van der Waals surface area contributed by atoms with Crippen LogP contribution in [0.1, 0.15) is 0 Å². The summed E-state index contributed by atoms with van der Waals surface area (Å²) in [5.41, 5.74) is 6.09. The summed E-state index contributed by atoms with van der Waals surface area (Å²) in [6.07, 6.45) is 2.01. The quantitative estimate of drug-likeness (QED) is 0.605. The van der Waals surface area contributed by atoms with Crippen LogP contribution in [0.5, 0.6) is 0 Å². The van der Waals surface area contributed by atoms with E-state index in [1.807, 2.05) is 4.90 Å². The van der Waals surface area contributed by atoms with Crippen LogP contribution >= 0.6 is 12.2 Å². The molecule has 13 heteroatoms. The highest BCUT2D eigenvalue weighted by Crippen LogP contribution is 2.28. The van der Waals surface area contributed by atoms with E-state index in [1.165, 1.54) is 21.8 Å². The molecule has 32 heavy (non-hydrogen) atoms. The van der Waals surface area contributed by atoms with Crippen molar-refractivity contribution < 1.29 is 23.5 Å². The van der Waals surface area contributed by atoms with E-state index in [-0.39, 0.29) is 30.8 Å². The summed E-state index contributed by atoms with van der Waals surface area (Å²) in [5, 5.41) is 7.35. The summed E-state index contributed by atoms with van der Waals surface area (Å²) in [6, 6.07) is 4.60. The van der Waals surface area contributed by atoms with Crippen LogP contribution in [0.2, 0.25) is 0 Å². The average molecular weight is 463 g/mol. The molecule has 2 saturated heterocycles. The minimum absolute atomic E-state index is 0.0397. The molecule has 0 spiro atoms. The van der Waals surface area contributed by atoms with Gasteiger partial charge >= 0.3 is 6.09 Å². The summed E-state index contributed by atoms with van der Waals surface area (Å²) >= 11 is 4.64. The number of piperazine rings is 1. The third kappa shape index (κ3) is 4.88. The highest BCUT2D eigenvalue weighted by atomic mass is 32.1. The fourth-order valence-electron chi connectivity index (χ4n) is 3.67. The molecular formula is C19H22FN7O4S. The van der Waals surface area contributed by atoms with E-state index >= 15 is 0 Å². The molecule has 4 rings (SSSR count). The molecule has 2 aliphatic heterocycles. The lowest BCUT2D eigenvalue weighted by atomic mass is 10.2. The maximum Gasteiger partial charge on any atom is 0.414 e. The van der Waals surface area contributed by atoms with Gasteiger partial charge in [-0.1, -0.05) is 5.21 Å². The number of aromatic nitrogens is 3. The Bertz CT molecular complexity index is 998.